The maximum atomic E-state index is 12.8. The van der Waals surface area contributed by atoms with E-state index in [1.165, 1.54) is 5.32 Å². The zero-order chi connectivity index (χ0) is 20.7. The lowest BCUT2D eigenvalue weighted by molar-refractivity contribution is -0.249. The molecule has 0 aliphatic heterocycles. The number of carbonyl (C=O) groups excluding carboxylic acids is 1. The molecule has 0 bridgehead atoms. The molecule has 0 aromatic carbocycles. The molecule has 1 atom stereocenters. The molecular weight excluding hydrogens is 389 g/mol. The average molecular weight is 399 g/mol. The zero-order valence-electron chi connectivity index (χ0n) is 12.6. The van der Waals surface area contributed by atoms with E-state index in [-0.39, 0.29) is 13.0 Å². The zero-order valence-corrected chi connectivity index (χ0v) is 12.6. The predicted octanol–water partition coefficient (Wildman–Crippen LogP) is 2.74. The standard InChI is InChI=1S/C12H10F9N3O2/c1-9(26,12(19,20)21)3-23-8(25)6-5(22)2-4(10(13,14)15)7(24-6)11(16,17)18/h2,26H,3,22H2,1H3,(H,23,25)/t9-/m1/s1. The molecule has 14 heteroatoms. The Labute approximate surface area is 139 Å². The van der Waals surface area contributed by atoms with Crippen molar-refractivity contribution >= 4 is 11.6 Å². The van der Waals surface area contributed by atoms with Gasteiger partial charge in [0.2, 0.25) is 0 Å². The second-order valence-electron chi connectivity index (χ2n) is 5.27. The van der Waals surface area contributed by atoms with Gasteiger partial charge in [0.15, 0.2) is 17.0 Å². The molecule has 1 heterocycles. The summed E-state index contributed by atoms with van der Waals surface area (Å²) in [7, 11) is 0. The monoisotopic (exact) mass is 399 g/mol. The molecule has 148 valence electrons. The second-order valence-corrected chi connectivity index (χ2v) is 5.27. The van der Waals surface area contributed by atoms with Gasteiger partial charge in [-0.05, 0) is 13.0 Å². The molecule has 0 aliphatic carbocycles. The summed E-state index contributed by atoms with van der Waals surface area (Å²) in [5.74, 6) is -1.73. The molecule has 1 amide bonds. The van der Waals surface area contributed by atoms with Crippen LogP contribution in [0.5, 0.6) is 0 Å². The summed E-state index contributed by atoms with van der Waals surface area (Å²) in [5.41, 5.74) is -5.63. The van der Waals surface area contributed by atoms with Crippen LogP contribution in [0.4, 0.5) is 45.2 Å². The third-order valence-electron chi connectivity index (χ3n) is 3.04. The molecule has 1 aromatic heterocycles. The lowest BCUT2D eigenvalue weighted by Gasteiger charge is -2.26. The fraction of sp³-hybridized carbons (Fsp3) is 0.500. The van der Waals surface area contributed by atoms with Crippen LogP contribution >= 0.6 is 0 Å². The number of aliphatic hydroxyl groups is 1. The van der Waals surface area contributed by atoms with Gasteiger partial charge in [-0.2, -0.15) is 39.5 Å². The summed E-state index contributed by atoms with van der Waals surface area (Å²) in [5, 5.41) is 10.6. The Morgan fingerprint density at radius 1 is 1.12 bits per heavy atom. The molecule has 0 saturated carbocycles. The van der Waals surface area contributed by atoms with E-state index < -0.39 is 59.2 Å². The fourth-order valence-corrected chi connectivity index (χ4v) is 1.58. The Bertz CT molecular complexity index is 693. The van der Waals surface area contributed by atoms with E-state index in [4.69, 9.17) is 10.8 Å². The molecule has 1 aromatic rings. The third-order valence-corrected chi connectivity index (χ3v) is 3.04. The number of nitrogens with two attached hydrogens (primary N) is 1. The van der Waals surface area contributed by atoms with Crippen molar-refractivity contribution in [3.05, 3.63) is 23.0 Å². The number of aromatic nitrogens is 1. The van der Waals surface area contributed by atoms with Crippen molar-refractivity contribution < 1.29 is 49.4 Å². The van der Waals surface area contributed by atoms with E-state index in [0.29, 0.717) is 0 Å². The molecule has 0 saturated heterocycles. The summed E-state index contributed by atoms with van der Waals surface area (Å²) in [6, 6.07) is -0.202. The number of hydrogen-bond donors (Lipinski definition) is 3. The molecule has 0 radical (unpaired) electrons. The van der Waals surface area contributed by atoms with Gasteiger partial charge in [0.1, 0.15) is 0 Å². The lowest BCUT2D eigenvalue weighted by atomic mass is 10.1. The first-order chi connectivity index (χ1) is 11.4. The number of nitrogens with zero attached hydrogens (tertiary/aromatic N) is 1. The van der Waals surface area contributed by atoms with Crippen molar-refractivity contribution in [2.45, 2.75) is 31.1 Å². The minimum atomic E-state index is -5.62. The van der Waals surface area contributed by atoms with Crippen LogP contribution in [-0.4, -0.2) is 34.3 Å². The highest BCUT2D eigenvalue weighted by Gasteiger charge is 2.50. The first-order valence-corrected chi connectivity index (χ1v) is 6.40. The van der Waals surface area contributed by atoms with Crippen molar-refractivity contribution in [3.8, 4) is 0 Å². The van der Waals surface area contributed by atoms with Gasteiger partial charge in [-0.3, -0.25) is 4.79 Å². The van der Waals surface area contributed by atoms with Crippen LogP contribution in [0, 0.1) is 0 Å². The molecule has 4 N–H and O–H groups in total. The van der Waals surface area contributed by atoms with Crippen LogP contribution in [0.1, 0.15) is 28.7 Å². The van der Waals surface area contributed by atoms with Gasteiger partial charge >= 0.3 is 18.5 Å². The number of amides is 1. The number of rotatable bonds is 3. The molecule has 5 nitrogen and oxygen atoms in total. The van der Waals surface area contributed by atoms with Gasteiger partial charge in [0.25, 0.3) is 5.91 Å². The molecule has 1 rings (SSSR count). The SMILES string of the molecule is C[C@@](O)(CNC(=O)c1nc(C(F)(F)F)c(C(F)(F)F)cc1N)C(F)(F)F. The van der Waals surface area contributed by atoms with Gasteiger partial charge in [-0.15, -0.1) is 0 Å². The molecule has 0 fully saturated rings. The average Bonchev–Trinajstić information content (AvgIpc) is 2.41. The third kappa shape index (κ3) is 4.68. The normalized spacial score (nSPS) is 15.5. The summed E-state index contributed by atoms with van der Waals surface area (Å²) in [6.45, 7) is -1.24. The van der Waals surface area contributed by atoms with Gasteiger partial charge in [-0.1, -0.05) is 0 Å². The number of hydrogen-bond acceptors (Lipinski definition) is 4. The maximum Gasteiger partial charge on any atom is 0.433 e. The minimum absolute atomic E-state index is 0.202. The number of carbonyl (C=O) groups is 1. The van der Waals surface area contributed by atoms with Gasteiger partial charge < -0.3 is 16.2 Å². The van der Waals surface area contributed by atoms with E-state index in [1.54, 1.807) is 0 Å². The second kappa shape index (κ2) is 6.48. The van der Waals surface area contributed by atoms with Gasteiger partial charge in [0, 0.05) is 0 Å². The Morgan fingerprint density at radius 2 is 1.62 bits per heavy atom. The Morgan fingerprint density at radius 3 is 2.00 bits per heavy atom. The molecule has 0 spiro atoms. The highest BCUT2D eigenvalue weighted by molar-refractivity contribution is 5.97. The van der Waals surface area contributed by atoms with Crippen LogP contribution in [-0.2, 0) is 12.4 Å². The van der Waals surface area contributed by atoms with Crippen molar-refractivity contribution in [1.82, 2.24) is 10.3 Å². The topological polar surface area (TPSA) is 88.2 Å². The van der Waals surface area contributed by atoms with Crippen molar-refractivity contribution in [1.29, 1.82) is 0 Å². The van der Waals surface area contributed by atoms with Crippen LogP contribution in [0.3, 0.4) is 0 Å². The highest BCUT2D eigenvalue weighted by atomic mass is 19.4. The summed E-state index contributed by atoms with van der Waals surface area (Å²) >= 11 is 0. The smallest absolute Gasteiger partial charge is 0.397 e. The summed E-state index contributed by atoms with van der Waals surface area (Å²) < 4.78 is 114. The largest absolute Gasteiger partial charge is 0.433 e. The number of alkyl halides is 9. The minimum Gasteiger partial charge on any atom is -0.397 e. The highest BCUT2D eigenvalue weighted by Crippen LogP contribution is 2.40. The number of pyridine rings is 1. The summed E-state index contributed by atoms with van der Waals surface area (Å²) in [4.78, 5) is 14.2. The Kier molecular flexibility index (Phi) is 5.43. The summed E-state index contributed by atoms with van der Waals surface area (Å²) in [6.07, 6.45) is -16.3. The Balaban J connectivity index is 3.28. The lowest BCUT2D eigenvalue weighted by Crippen LogP contribution is -2.51. The van der Waals surface area contributed by atoms with Crippen LogP contribution in [0.15, 0.2) is 6.07 Å². The van der Waals surface area contributed by atoms with Gasteiger partial charge in [0.05, 0.1) is 17.8 Å². The van der Waals surface area contributed by atoms with E-state index in [9.17, 15) is 44.3 Å². The van der Waals surface area contributed by atoms with E-state index in [1.807, 2.05) is 0 Å². The van der Waals surface area contributed by atoms with E-state index in [0.717, 1.165) is 0 Å². The Hall–Kier alpha value is -2.25. The van der Waals surface area contributed by atoms with Gasteiger partial charge in [-0.25, -0.2) is 4.98 Å². The number of nitrogen functional groups attached to an aromatic ring is 1. The quantitative estimate of drug-likeness (QED) is 0.683. The van der Waals surface area contributed by atoms with E-state index in [2.05, 4.69) is 4.98 Å². The van der Waals surface area contributed by atoms with Crippen LogP contribution in [0.2, 0.25) is 0 Å². The molecular formula is C12H10F9N3O2. The predicted molar refractivity (Wildman–Crippen MR) is 67.7 cm³/mol. The first kappa shape index (κ1) is 21.8. The molecule has 26 heavy (non-hydrogen) atoms. The van der Waals surface area contributed by atoms with Crippen molar-refractivity contribution in [3.63, 3.8) is 0 Å². The van der Waals surface area contributed by atoms with Crippen LogP contribution < -0.4 is 11.1 Å². The molecule has 0 unspecified atom stereocenters. The number of nitrogens with one attached hydrogen (secondary N) is 1. The maximum absolute atomic E-state index is 12.8. The number of anilines is 1. The first-order valence-electron chi connectivity index (χ1n) is 6.40. The van der Waals surface area contributed by atoms with Crippen molar-refractivity contribution in [2.75, 3.05) is 12.3 Å². The van der Waals surface area contributed by atoms with E-state index >= 15 is 0 Å². The van der Waals surface area contributed by atoms with Crippen molar-refractivity contribution in [2.24, 2.45) is 0 Å². The van der Waals surface area contributed by atoms with Crippen LogP contribution in [0.25, 0.3) is 0 Å². The fourth-order valence-electron chi connectivity index (χ4n) is 1.58. The molecule has 0 aliphatic rings. The number of halogens is 9.